The number of carbonyl (C=O) groups is 5. The van der Waals surface area contributed by atoms with Crippen molar-refractivity contribution < 1.29 is 34.2 Å². The Morgan fingerprint density at radius 2 is 1.71 bits per heavy atom. The van der Waals surface area contributed by atoms with E-state index in [0.29, 0.717) is 12.0 Å². The first-order valence-electron chi connectivity index (χ1n) is 11.0. The first-order chi connectivity index (χ1) is 16.0. The molecule has 8 N–H and O–H groups in total. The number of amides is 4. The Labute approximate surface area is 196 Å². The average Bonchev–Trinajstić information content (AvgIpc) is 3.27. The van der Waals surface area contributed by atoms with Crippen LogP contribution in [-0.2, 0) is 30.4 Å². The Morgan fingerprint density at radius 3 is 2.26 bits per heavy atom. The van der Waals surface area contributed by atoms with E-state index in [2.05, 4.69) is 10.6 Å². The zero-order valence-electron chi connectivity index (χ0n) is 18.9. The summed E-state index contributed by atoms with van der Waals surface area (Å²) in [4.78, 5) is 62.5. The second-order valence-corrected chi connectivity index (χ2v) is 8.31. The fraction of sp³-hybridized carbons (Fsp3) is 0.500. The second kappa shape index (κ2) is 12.0. The highest BCUT2D eigenvalue weighted by molar-refractivity contribution is 5.94. The van der Waals surface area contributed by atoms with Crippen molar-refractivity contribution in [2.24, 2.45) is 11.5 Å². The number of nitrogens with two attached hydrogens (primary N) is 2. The summed E-state index contributed by atoms with van der Waals surface area (Å²) in [6, 6.07) is 1.74. The third-order valence-corrected chi connectivity index (χ3v) is 5.54. The van der Waals surface area contributed by atoms with Gasteiger partial charge < -0.3 is 37.2 Å². The van der Waals surface area contributed by atoms with Gasteiger partial charge in [-0.25, -0.2) is 4.79 Å². The molecular formula is C22H31N5O7. The maximum atomic E-state index is 13.1. The van der Waals surface area contributed by atoms with Gasteiger partial charge in [-0.15, -0.1) is 0 Å². The SMILES string of the molecule is CC(N)C(=O)NC(Cc1ccc(O)cc1)C(=O)NC(CCC(N)=O)C(=O)N1CCCC1C(=O)O. The molecule has 1 aliphatic heterocycles. The summed E-state index contributed by atoms with van der Waals surface area (Å²) in [7, 11) is 0. The number of carbonyl (C=O) groups excluding carboxylic acids is 4. The van der Waals surface area contributed by atoms with Gasteiger partial charge in [0, 0.05) is 19.4 Å². The van der Waals surface area contributed by atoms with Gasteiger partial charge in [-0.3, -0.25) is 19.2 Å². The topological polar surface area (TPSA) is 205 Å². The van der Waals surface area contributed by atoms with Gasteiger partial charge in [0.15, 0.2) is 0 Å². The van der Waals surface area contributed by atoms with Gasteiger partial charge in [-0.05, 0) is 43.9 Å². The van der Waals surface area contributed by atoms with Crippen LogP contribution in [0, 0.1) is 0 Å². The van der Waals surface area contributed by atoms with Crippen LogP contribution < -0.4 is 22.1 Å². The Morgan fingerprint density at radius 1 is 1.09 bits per heavy atom. The highest BCUT2D eigenvalue weighted by atomic mass is 16.4. The van der Waals surface area contributed by atoms with Gasteiger partial charge >= 0.3 is 5.97 Å². The zero-order valence-corrected chi connectivity index (χ0v) is 18.9. The van der Waals surface area contributed by atoms with Crippen LogP contribution >= 0.6 is 0 Å². The second-order valence-electron chi connectivity index (χ2n) is 8.31. The van der Waals surface area contributed by atoms with Gasteiger partial charge in [0.25, 0.3) is 0 Å². The molecule has 1 aromatic carbocycles. The zero-order chi connectivity index (χ0) is 25.4. The molecule has 1 heterocycles. The number of likely N-dealkylation sites (tertiary alicyclic amines) is 1. The maximum absolute atomic E-state index is 13.1. The van der Waals surface area contributed by atoms with Gasteiger partial charge in [-0.1, -0.05) is 12.1 Å². The third kappa shape index (κ3) is 7.44. The van der Waals surface area contributed by atoms with Crippen molar-refractivity contribution in [1.29, 1.82) is 0 Å². The molecule has 2 rings (SSSR count). The quantitative estimate of drug-likeness (QED) is 0.223. The van der Waals surface area contributed by atoms with E-state index in [-0.39, 0.29) is 38.0 Å². The van der Waals surface area contributed by atoms with E-state index in [4.69, 9.17) is 11.5 Å². The monoisotopic (exact) mass is 477 g/mol. The lowest BCUT2D eigenvalue weighted by Crippen LogP contribution is -2.57. The van der Waals surface area contributed by atoms with Crippen molar-refractivity contribution in [3.63, 3.8) is 0 Å². The molecule has 4 unspecified atom stereocenters. The predicted molar refractivity (Wildman–Crippen MR) is 120 cm³/mol. The number of nitrogens with zero attached hydrogens (tertiary/aromatic N) is 1. The number of hydrogen-bond donors (Lipinski definition) is 6. The number of phenols is 1. The van der Waals surface area contributed by atoms with Crippen molar-refractivity contribution in [2.75, 3.05) is 6.54 Å². The van der Waals surface area contributed by atoms with Crippen molar-refractivity contribution in [3.05, 3.63) is 29.8 Å². The number of aromatic hydroxyl groups is 1. The maximum Gasteiger partial charge on any atom is 0.326 e. The summed E-state index contributed by atoms with van der Waals surface area (Å²) >= 11 is 0. The third-order valence-electron chi connectivity index (χ3n) is 5.54. The van der Waals surface area contributed by atoms with E-state index in [1.165, 1.54) is 24.0 Å². The minimum Gasteiger partial charge on any atom is -0.508 e. The molecule has 0 aromatic heterocycles. The lowest BCUT2D eigenvalue weighted by molar-refractivity contribution is -0.149. The van der Waals surface area contributed by atoms with E-state index >= 15 is 0 Å². The molecule has 0 spiro atoms. The molecule has 1 fully saturated rings. The molecular weight excluding hydrogens is 446 g/mol. The Balaban J connectivity index is 2.24. The summed E-state index contributed by atoms with van der Waals surface area (Å²) in [5.41, 5.74) is 11.4. The van der Waals surface area contributed by atoms with E-state index < -0.39 is 53.8 Å². The lowest BCUT2D eigenvalue weighted by Gasteiger charge is -2.29. The fourth-order valence-electron chi connectivity index (χ4n) is 3.68. The molecule has 4 atom stereocenters. The van der Waals surface area contributed by atoms with Crippen molar-refractivity contribution in [2.45, 2.75) is 63.2 Å². The number of nitrogens with one attached hydrogen (secondary N) is 2. The summed E-state index contributed by atoms with van der Waals surface area (Å²) in [5, 5.41) is 24.0. The number of aliphatic carboxylic acids is 1. The highest BCUT2D eigenvalue weighted by Crippen LogP contribution is 2.20. The number of carboxylic acids is 1. The molecule has 1 aromatic rings. The fourth-order valence-corrected chi connectivity index (χ4v) is 3.68. The van der Waals surface area contributed by atoms with Crippen LogP contribution in [0.3, 0.4) is 0 Å². The van der Waals surface area contributed by atoms with Crippen molar-refractivity contribution in [3.8, 4) is 5.75 Å². The van der Waals surface area contributed by atoms with Crippen LogP contribution in [0.15, 0.2) is 24.3 Å². The van der Waals surface area contributed by atoms with Crippen LogP contribution in [0.4, 0.5) is 0 Å². The molecule has 1 saturated heterocycles. The molecule has 4 amide bonds. The summed E-state index contributed by atoms with van der Waals surface area (Å²) < 4.78 is 0. The average molecular weight is 478 g/mol. The first-order valence-corrected chi connectivity index (χ1v) is 11.0. The minimum absolute atomic E-state index is 0.0278. The van der Waals surface area contributed by atoms with Crippen molar-refractivity contribution in [1.82, 2.24) is 15.5 Å². The molecule has 0 aliphatic carbocycles. The van der Waals surface area contributed by atoms with E-state index in [1.54, 1.807) is 12.1 Å². The molecule has 0 saturated carbocycles. The Bertz CT molecular complexity index is 919. The van der Waals surface area contributed by atoms with Crippen LogP contribution in [0.1, 0.15) is 38.2 Å². The summed E-state index contributed by atoms with van der Waals surface area (Å²) in [6.45, 7) is 1.65. The number of benzene rings is 1. The molecule has 1 aliphatic rings. The minimum atomic E-state index is -1.21. The first kappa shape index (κ1) is 26.6. The van der Waals surface area contributed by atoms with Gasteiger partial charge in [0.1, 0.15) is 23.9 Å². The standard InChI is InChI=1S/C22H31N5O7/c1-12(23)19(30)26-16(11-13-4-6-14(28)7-5-13)20(31)25-15(8-9-18(24)29)21(32)27-10-2-3-17(27)22(33)34/h4-7,12,15-17,28H,2-3,8-11,23H2,1H3,(H2,24,29)(H,25,31)(H,26,30)(H,33,34). The number of primary amides is 1. The van der Waals surface area contributed by atoms with E-state index in [9.17, 15) is 34.2 Å². The van der Waals surface area contributed by atoms with E-state index in [1.807, 2.05) is 0 Å². The molecule has 34 heavy (non-hydrogen) atoms. The summed E-state index contributed by atoms with van der Waals surface area (Å²) in [5.74, 6) is -3.75. The van der Waals surface area contributed by atoms with E-state index in [0.717, 1.165) is 0 Å². The van der Waals surface area contributed by atoms with Crippen LogP contribution in [0.25, 0.3) is 0 Å². The number of hydrogen-bond acceptors (Lipinski definition) is 7. The predicted octanol–water partition coefficient (Wildman–Crippen LogP) is -1.41. The van der Waals surface area contributed by atoms with Gasteiger partial charge in [0.05, 0.1) is 6.04 Å². The summed E-state index contributed by atoms with van der Waals surface area (Å²) in [6.07, 6.45) is 0.467. The largest absolute Gasteiger partial charge is 0.508 e. The number of carboxylic acid groups (broad SMARTS) is 1. The Hall–Kier alpha value is -3.67. The lowest BCUT2D eigenvalue weighted by atomic mass is 10.0. The molecule has 186 valence electrons. The van der Waals surface area contributed by atoms with Gasteiger partial charge in [-0.2, -0.15) is 0 Å². The molecule has 0 radical (unpaired) electrons. The number of phenolic OH excluding ortho intramolecular Hbond substituents is 1. The van der Waals surface area contributed by atoms with Crippen LogP contribution in [0.2, 0.25) is 0 Å². The van der Waals surface area contributed by atoms with Crippen LogP contribution in [-0.4, -0.2) is 75.4 Å². The smallest absolute Gasteiger partial charge is 0.326 e. The highest BCUT2D eigenvalue weighted by Gasteiger charge is 2.38. The number of rotatable bonds is 11. The Kier molecular flexibility index (Phi) is 9.36. The normalized spacial score (nSPS) is 17.9. The molecule has 0 bridgehead atoms. The molecule has 12 heteroatoms. The van der Waals surface area contributed by atoms with Gasteiger partial charge in [0.2, 0.25) is 23.6 Å². The molecule has 12 nitrogen and oxygen atoms in total. The van der Waals surface area contributed by atoms with Crippen molar-refractivity contribution >= 4 is 29.6 Å². The van der Waals surface area contributed by atoms with Crippen LogP contribution in [0.5, 0.6) is 5.75 Å².